The van der Waals surface area contributed by atoms with Crippen LogP contribution in [0.1, 0.15) is 0 Å². The van der Waals surface area contributed by atoms with Crippen LogP contribution in [0.5, 0.6) is 0 Å². The number of fused-ring (bicyclic) bond motifs is 1. The molecule has 0 atom stereocenters. The fourth-order valence-corrected chi connectivity index (χ4v) is 1.47. The van der Waals surface area contributed by atoms with Crippen LogP contribution < -0.4 is 5.73 Å². The van der Waals surface area contributed by atoms with Crippen molar-refractivity contribution in [3.05, 3.63) is 18.2 Å². The Balaban J connectivity index is 2.90. The van der Waals surface area contributed by atoms with Crippen LogP contribution in [0.3, 0.4) is 0 Å². The predicted molar refractivity (Wildman–Crippen MR) is 52.4 cm³/mol. The Morgan fingerprint density at radius 3 is 3.00 bits per heavy atom. The summed E-state index contributed by atoms with van der Waals surface area (Å²) in [4.78, 5) is 0.922. The van der Waals surface area contributed by atoms with Gasteiger partial charge >= 0.3 is 0 Å². The van der Waals surface area contributed by atoms with Gasteiger partial charge in [0.2, 0.25) is 0 Å². The van der Waals surface area contributed by atoms with E-state index in [9.17, 15) is 0 Å². The van der Waals surface area contributed by atoms with Crippen LogP contribution >= 0.6 is 12.6 Å². The van der Waals surface area contributed by atoms with Crippen molar-refractivity contribution in [2.75, 3.05) is 5.73 Å². The Morgan fingerprint density at radius 1 is 1.50 bits per heavy atom. The topological polar surface area (TPSA) is 43.8 Å². The quantitative estimate of drug-likeness (QED) is 0.601. The van der Waals surface area contributed by atoms with E-state index < -0.39 is 0 Å². The first kappa shape index (κ1) is 7.49. The summed E-state index contributed by atoms with van der Waals surface area (Å²) >= 11 is 4.23. The van der Waals surface area contributed by atoms with Crippen molar-refractivity contribution in [1.29, 1.82) is 0 Å². The number of aryl methyl sites for hydroxylation is 1. The molecule has 0 amide bonds. The molecule has 0 saturated heterocycles. The Morgan fingerprint density at radius 2 is 2.25 bits per heavy atom. The zero-order valence-corrected chi connectivity index (χ0v) is 7.55. The third kappa shape index (κ3) is 0.956. The number of nitrogens with zero attached hydrogens (tertiary/aromatic N) is 2. The molecule has 4 heteroatoms. The number of nitrogen functional groups attached to an aromatic ring is 1. The molecule has 1 heterocycles. The van der Waals surface area contributed by atoms with Gasteiger partial charge in [-0.2, -0.15) is 5.10 Å². The second-order valence-corrected chi connectivity index (χ2v) is 3.23. The molecule has 1 aromatic carbocycles. The molecule has 2 rings (SSSR count). The van der Waals surface area contributed by atoms with E-state index in [2.05, 4.69) is 17.7 Å². The van der Waals surface area contributed by atoms with E-state index >= 15 is 0 Å². The van der Waals surface area contributed by atoms with Crippen LogP contribution in [-0.2, 0) is 7.05 Å². The molecule has 62 valence electrons. The maximum absolute atomic E-state index is 5.67. The van der Waals surface area contributed by atoms with Crippen LogP contribution in [0, 0.1) is 0 Å². The second kappa shape index (κ2) is 2.42. The zero-order valence-electron chi connectivity index (χ0n) is 6.65. The van der Waals surface area contributed by atoms with Crippen molar-refractivity contribution < 1.29 is 0 Å². The average Bonchev–Trinajstić information content (AvgIpc) is 2.28. The van der Waals surface area contributed by atoms with E-state index in [0.717, 1.165) is 15.8 Å². The molecule has 2 N–H and O–H groups in total. The van der Waals surface area contributed by atoms with E-state index in [0.29, 0.717) is 5.82 Å². The fourth-order valence-electron chi connectivity index (χ4n) is 1.27. The second-order valence-electron chi connectivity index (χ2n) is 2.71. The number of benzene rings is 1. The number of aromatic nitrogens is 2. The van der Waals surface area contributed by atoms with Crippen molar-refractivity contribution in [2.24, 2.45) is 7.05 Å². The van der Waals surface area contributed by atoms with Gasteiger partial charge < -0.3 is 5.73 Å². The molecule has 0 bridgehead atoms. The van der Waals surface area contributed by atoms with E-state index in [-0.39, 0.29) is 0 Å². The van der Waals surface area contributed by atoms with Crippen molar-refractivity contribution in [3.8, 4) is 0 Å². The summed E-state index contributed by atoms with van der Waals surface area (Å²) in [6, 6.07) is 5.78. The molecule has 0 fully saturated rings. The lowest BCUT2D eigenvalue weighted by Crippen LogP contribution is -1.91. The SMILES string of the molecule is Cn1nc(N)c2ccc(S)cc21. The lowest BCUT2D eigenvalue weighted by atomic mass is 10.2. The molecule has 0 radical (unpaired) electrons. The van der Waals surface area contributed by atoms with Gasteiger partial charge in [0.05, 0.1) is 5.52 Å². The van der Waals surface area contributed by atoms with Gasteiger partial charge in [-0.15, -0.1) is 12.6 Å². The smallest absolute Gasteiger partial charge is 0.153 e. The van der Waals surface area contributed by atoms with Gasteiger partial charge in [0.25, 0.3) is 0 Å². The normalized spacial score (nSPS) is 10.8. The highest BCUT2D eigenvalue weighted by Crippen LogP contribution is 2.21. The molecule has 0 aliphatic carbocycles. The number of anilines is 1. The van der Waals surface area contributed by atoms with Crippen molar-refractivity contribution in [3.63, 3.8) is 0 Å². The van der Waals surface area contributed by atoms with Crippen molar-refractivity contribution in [1.82, 2.24) is 9.78 Å². The molecule has 2 aromatic rings. The van der Waals surface area contributed by atoms with Crippen LogP contribution in [0.25, 0.3) is 10.9 Å². The van der Waals surface area contributed by atoms with Crippen LogP contribution in [0.4, 0.5) is 5.82 Å². The molecule has 0 saturated carbocycles. The molecule has 0 aliphatic heterocycles. The van der Waals surface area contributed by atoms with Crippen molar-refractivity contribution in [2.45, 2.75) is 4.90 Å². The van der Waals surface area contributed by atoms with E-state index in [1.807, 2.05) is 25.2 Å². The minimum absolute atomic E-state index is 0.570. The monoisotopic (exact) mass is 179 g/mol. The molecular weight excluding hydrogens is 170 g/mol. The maximum atomic E-state index is 5.67. The van der Waals surface area contributed by atoms with Crippen LogP contribution in [-0.4, -0.2) is 9.78 Å². The van der Waals surface area contributed by atoms with Gasteiger partial charge in [0.1, 0.15) is 0 Å². The molecule has 1 aromatic heterocycles. The highest BCUT2D eigenvalue weighted by atomic mass is 32.1. The lowest BCUT2D eigenvalue weighted by Gasteiger charge is -1.93. The minimum atomic E-state index is 0.570. The molecule has 0 spiro atoms. The highest BCUT2D eigenvalue weighted by molar-refractivity contribution is 7.80. The van der Waals surface area contributed by atoms with Gasteiger partial charge in [0, 0.05) is 17.3 Å². The minimum Gasteiger partial charge on any atom is -0.382 e. The van der Waals surface area contributed by atoms with Gasteiger partial charge in [-0.25, -0.2) is 0 Å². The first-order chi connectivity index (χ1) is 5.68. The number of rotatable bonds is 0. The van der Waals surface area contributed by atoms with Gasteiger partial charge in [-0.1, -0.05) is 0 Å². The largest absolute Gasteiger partial charge is 0.382 e. The molecule has 0 aliphatic rings. The summed E-state index contributed by atoms with van der Waals surface area (Å²) in [7, 11) is 1.87. The van der Waals surface area contributed by atoms with Crippen LogP contribution in [0.2, 0.25) is 0 Å². The number of hydrogen-bond donors (Lipinski definition) is 2. The summed E-state index contributed by atoms with van der Waals surface area (Å²) in [6.45, 7) is 0. The summed E-state index contributed by atoms with van der Waals surface area (Å²) in [5.41, 5.74) is 6.68. The summed E-state index contributed by atoms with van der Waals surface area (Å²) in [6.07, 6.45) is 0. The average molecular weight is 179 g/mol. The Bertz CT molecular complexity index is 433. The predicted octanol–water partition coefficient (Wildman–Crippen LogP) is 1.44. The highest BCUT2D eigenvalue weighted by Gasteiger charge is 2.03. The first-order valence-corrected chi connectivity index (χ1v) is 4.04. The van der Waals surface area contributed by atoms with E-state index in [1.54, 1.807) is 4.68 Å². The fraction of sp³-hybridized carbons (Fsp3) is 0.125. The van der Waals surface area contributed by atoms with E-state index in [1.165, 1.54) is 0 Å². The number of nitrogens with two attached hydrogens (primary N) is 1. The molecule has 3 nitrogen and oxygen atoms in total. The molecule has 12 heavy (non-hydrogen) atoms. The summed E-state index contributed by atoms with van der Waals surface area (Å²) < 4.78 is 1.75. The van der Waals surface area contributed by atoms with Gasteiger partial charge in [0.15, 0.2) is 5.82 Å². The lowest BCUT2D eigenvalue weighted by molar-refractivity contribution is 0.801. The van der Waals surface area contributed by atoms with Gasteiger partial charge in [-0.05, 0) is 18.2 Å². The zero-order chi connectivity index (χ0) is 8.72. The molecular formula is C8H9N3S. The van der Waals surface area contributed by atoms with Crippen LogP contribution in [0.15, 0.2) is 23.1 Å². The van der Waals surface area contributed by atoms with E-state index in [4.69, 9.17) is 5.73 Å². The standard InChI is InChI=1S/C8H9N3S/c1-11-7-4-5(12)2-3-6(7)8(9)10-11/h2-4,12H,1H3,(H2,9,10). The maximum Gasteiger partial charge on any atom is 0.153 e. The number of thiol groups is 1. The first-order valence-electron chi connectivity index (χ1n) is 3.59. The van der Waals surface area contributed by atoms with Gasteiger partial charge in [-0.3, -0.25) is 4.68 Å². The number of hydrogen-bond acceptors (Lipinski definition) is 3. The molecule has 0 unspecified atom stereocenters. The Kier molecular flexibility index (Phi) is 1.51. The Hall–Kier alpha value is -1.16. The summed E-state index contributed by atoms with van der Waals surface area (Å²) in [5, 5.41) is 5.07. The Labute approximate surface area is 75.6 Å². The van der Waals surface area contributed by atoms with Crippen molar-refractivity contribution >= 4 is 29.3 Å². The summed E-state index contributed by atoms with van der Waals surface area (Å²) in [5.74, 6) is 0.570. The third-order valence-corrected chi connectivity index (χ3v) is 2.14. The third-order valence-electron chi connectivity index (χ3n) is 1.86.